The van der Waals surface area contributed by atoms with Gasteiger partial charge >= 0.3 is 0 Å². The van der Waals surface area contributed by atoms with Gasteiger partial charge in [-0.3, -0.25) is 0 Å². The number of benzene rings is 7. The normalized spacial score (nSPS) is 13.3. The van der Waals surface area contributed by atoms with Gasteiger partial charge in [0.05, 0.1) is 11.4 Å². The topological polar surface area (TPSA) is 3.24 Å². The zero-order valence-electron chi connectivity index (χ0n) is 28.5. The Morgan fingerprint density at radius 1 is 0.458 bits per heavy atom. The largest absolute Gasteiger partial charge is 0.309 e. The molecule has 0 N–H and O–H groups in total. The molecule has 1 nitrogen and oxygen atoms in total. The van der Waals surface area contributed by atoms with Gasteiger partial charge in [-0.1, -0.05) is 168 Å². The molecule has 1 heteroatoms. The van der Waals surface area contributed by atoms with E-state index >= 15 is 0 Å². The Bertz CT molecular complexity index is 2280. The van der Waals surface area contributed by atoms with Crippen LogP contribution in [0.25, 0.3) is 44.2 Å². The second kappa shape index (κ2) is 11.4. The first-order valence-electron chi connectivity index (χ1n) is 17.0. The van der Waals surface area contributed by atoms with Crippen molar-refractivity contribution in [2.24, 2.45) is 0 Å². The number of hydrogen-bond acceptors (Lipinski definition) is 1. The monoisotopic (exact) mass is 619 g/mol. The highest BCUT2D eigenvalue weighted by atomic mass is 15.1. The second-order valence-corrected chi connectivity index (χ2v) is 14.6. The molecule has 48 heavy (non-hydrogen) atoms. The van der Waals surface area contributed by atoms with E-state index in [1.165, 1.54) is 66.5 Å². The van der Waals surface area contributed by atoms with E-state index in [9.17, 15) is 0 Å². The third-order valence-corrected chi connectivity index (χ3v) is 10.2. The molecule has 0 amide bonds. The Morgan fingerprint density at radius 3 is 1.75 bits per heavy atom. The molecule has 7 aromatic carbocycles. The Kier molecular flexibility index (Phi) is 7.11. The lowest BCUT2D eigenvalue weighted by atomic mass is 9.82. The van der Waals surface area contributed by atoms with E-state index in [1.54, 1.807) is 0 Å². The van der Waals surface area contributed by atoms with Crippen molar-refractivity contribution in [3.63, 3.8) is 0 Å². The van der Waals surface area contributed by atoms with Gasteiger partial charge in [0.2, 0.25) is 0 Å². The van der Waals surface area contributed by atoms with Crippen molar-refractivity contribution in [3.8, 4) is 33.4 Å². The molecule has 1 aliphatic rings. The van der Waals surface area contributed by atoms with E-state index in [-0.39, 0.29) is 10.8 Å². The third kappa shape index (κ3) is 4.85. The van der Waals surface area contributed by atoms with Crippen LogP contribution in [-0.4, -0.2) is 0 Å². The second-order valence-electron chi connectivity index (χ2n) is 14.6. The first-order chi connectivity index (χ1) is 23.2. The molecule has 0 atom stereocenters. The maximum Gasteiger partial charge on any atom is 0.0543 e. The summed E-state index contributed by atoms with van der Waals surface area (Å²) in [6, 6.07) is 58.2. The van der Waals surface area contributed by atoms with Gasteiger partial charge < -0.3 is 4.90 Å². The summed E-state index contributed by atoms with van der Waals surface area (Å²) < 4.78 is 0. The van der Waals surface area contributed by atoms with E-state index in [2.05, 4.69) is 197 Å². The lowest BCUT2D eigenvalue weighted by Crippen LogP contribution is -2.16. The number of fused-ring (bicyclic) bond motifs is 4. The fraction of sp³-hybridized carbons (Fsp3) is 0.149. The predicted octanol–water partition coefficient (Wildman–Crippen LogP) is 13.2. The van der Waals surface area contributed by atoms with E-state index in [4.69, 9.17) is 0 Å². The summed E-state index contributed by atoms with van der Waals surface area (Å²) >= 11 is 0. The number of anilines is 3. The van der Waals surface area contributed by atoms with E-state index < -0.39 is 0 Å². The van der Waals surface area contributed by atoms with Crippen molar-refractivity contribution in [3.05, 3.63) is 174 Å². The van der Waals surface area contributed by atoms with E-state index in [0.717, 1.165) is 11.4 Å². The van der Waals surface area contributed by atoms with Gasteiger partial charge in [-0.25, -0.2) is 0 Å². The zero-order valence-corrected chi connectivity index (χ0v) is 28.5. The molecule has 0 unspecified atom stereocenters. The Labute approximate surface area is 285 Å². The molecule has 7 aromatic rings. The van der Waals surface area contributed by atoms with Gasteiger partial charge in [0.1, 0.15) is 0 Å². The van der Waals surface area contributed by atoms with Crippen LogP contribution in [0.2, 0.25) is 0 Å². The van der Waals surface area contributed by atoms with Crippen LogP contribution in [0.4, 0.5) is 17.1 Å². The molecular weight excluding hydrogens is 579 g/mol. The maximum atomic E-state index is 2.50. The molecule has 0 radical (unpaired) electrons. The van der Waals surface area contributed by atoms with Gasteiger partial charge in [-0.15, -0.1) is 0 Å². The molecule has 0 saturated heterocycles. The van der Waals surface area contributed by atoms with Crippen LogP contribution in [0.1, 0.15) is 51.3 Å². The highest BCUT2D eigenvalue weighted by Gasteiger charge is 2.38. The van der Waals surface area contributed by atoms with Crippen LogP contribution in [0.5, 0.6) is 0 Å². The smallest absolute Gasteiger partial charge is 0.0543 e. The molecule has 0 aromatic heterocycles. The van der Waals surface area contributed by atoms with Gasteiger partial charge in [0.15, 0.2) is 0 Å². The van der Waals surface area contributed by atoms with Crippen LogP contribution in [0.15, 0.2) is 158 Å². The summed E-state index contributed by atoms with van der Waals surface area (Å²) in [4.78, 5) is 2.50. The molecule has 0 saturated carbocycles. The lowest BCUT2D eigenvalue weighted by molar-refractivity contribution is 0.590. The fourth-order valence-corrected chi connectivity index (χ4v) is 7.76. The molecular formula is C47H41N. The molecule has 234 valence electrons. The van der Waals surface area contributed by atoms with Crippen molar-refractivity contribution in [2.75, 3.05) is 4.90 Å². The summed E-state index contributed by atoms with van der Waals surface area (Å²) in [6.45, 7) is 11.6. The number of para-hydroxylation sites is 1. The Hall–Kier alpha value is -5.40. The zero-order chi connectivity index (χ0) is 33.0. The van der Waals surface area contributed by atoms with Gasteiger partial charge in [-0.2, -0.15) is 0 Å². The fourth-order valence-electron chi connectivity index (χ4n) is 7.76. The predicted molar refractivity (Wildman–Crippen MR) is 206 cm³/mol. The van der Waals surface area contributed by atoms with Crippen molar-refractivity contribution < 1.29 is 0 Å². The minimum Gasteiger partial charge on any atom is -0.309 e. The minimum atomic E-state index is -0.0938. The third-order valence-electron chi connectivity index (χ3n) is 10.2. The Balaban J connectivity index is 1.43. The van der Waals surface area contributed by atoms with Crippen LogP contribution in [0.3, 0.4) is 0 Å². The SMILES string of the molecule is CC(C)(C)c1ccc(N(c2ccccc2-c2cccc3cccc(-c4ccccc4)c23)c2cccc3c2-c2ccccc2C3(C)C)cc1. The lowest BCUT2D eigenvalue weighted by Gasteiger charge is -2.31. The molecule has 0 aliphatic heterocycles. The molecule has 0 fully saturated rings. The molecule has 8 rings (SSSR count). The average molecular weight is 620 g/mol. The first kappa shape index (κ1) is 30.0. The number of nitrogens with zero attached hydrogens (tertiary/aromatic N) is 1. The van der Waals surface area contributed by atoms with Gasteiger partial charge in [0, 0.05) is 22.2 Å². The maximum absolute atomic E-state index is 2.50. The van der Waals surface area contributed by atoms with Crippen molar-refractivity contribution in [2.45, 2.75) is 45.4 Å². The molecule has 0 bridgehead atoms. The highest BCUT2D eigenvalue weighted by molar-refractivity contribution is 6.09. The summed E-state index contributed by atoms with van der Waals surface area (Å²) in [6.07, 6.45) is 0. The van der Waals surface area contributed by atoms with E-state index in [0.29, 0.717) is 0 Å². The summed E-state index contributed by atoms with van der Waals surface area (Å²) in [7, 11) is 0. The molecule has 1 aliphatic carbocycles. The van der Waals surface area contributed by atoms with Crippen molar-refractivity contribution >= 4 is 27.8 Å². The molecule has 0 heterocycles. The standard InChI is InChI=1S/C47H41N/c1-46(2,3)34-28-30-35(31-29-34)48(43-27-15-25-41-45(43)39-21-9-11-24-40(39)47(41,4)5)42-26-12-10-20-37(42)38-23-14-19-33-18-13-22-36(44(33)38)32-16-7-6-8-17-32/h6-31H,1-5H3. The summed E-state index contributed by atoms with van der Waals surface area (Å²) in [5.41, 5.74) is 15.1. The highest BCUT2D eigenvalue weighted by Crippen LogP contribution is 2.55. The van der Waals surface area contributed by atoms with Gasteiger partial charge in [0.25, 0.3) is 0 Å². The van der Waals surface area contributed by atoms with Crippen LogP contribution in [0, 0.1) is 0 Å². The summed E-state index contributed by atoms with van der Waals surface area (Å²) in [5, 5.41) is 2.51. The Morgan fingerprint density at radius 2 is 1.02 bits per heavy atom. The van der Waals surface area contributed by atoms with Crippen LogP contribution in [-0.2, 0) is 10.8 Å². The average Bonchev–Trinajstić information content (AvgIpc) is 3.35. The van der Waals surface area contributed by atoms with Gasteiger partial charge in [-0.05, 0) is 79.4 Å². The first-order valence-corrected chi connectivity index (χ1v) is 17.0. The number of hydrogen-bond donors (Lipinski definition) is 0. The van der Waals surface area contributed by atoms with Crippen molar-refractivity contribution in [1.82, 2.24) is 0 Å². The van der Waals surface area contributed by atoms with Crippen molar-refractivity contribution in [1.29, 1.82) is 0 Å². The summed E-state index contributed by atoms with van der Waals surface area (Å²) in [5.74, 6) is 0. The quantitative estimate of drug-likeness (QED) is 0.185. The van der Waals surface area contributed by atoms with Crippen LogP contribution < -0.4 is 4.90 Å². The number of rotatable bonds is 5. The van der Waals surface area contributed by atoms with E-state index in [1.807, 2.05) is 0 Å². The molecule has 0 spiro atoms. The minimum absolute atomic E-state index is 0.0645. The van der Waals surface area contributed by atoms with Crippen LogP contribution >= 0.6 is 0 Å².